The van der Waals surface area contributed by atoms with Crippen molar-refractivity contribution in [1.29, 1.82) is 0 Å². The first-order chi connectivity index (χ1) is 9.74. The maximum atomic E-state index is 12.3. The first-order valence-corrected chi connectivity index (χ1v) is 6.76. The van der Waals surface area contributed by atoms with Gasteiger partial charge in [0.05, 0.1) is 0 Å². The van der Waals surface area contributed by atoms with Crippen molar-refractivity contribution in [3.05, 3.63) is 59.1 Å². The van der Waals surface area contributed by atoms with E-state index in [1.165, 1.54) is 0 Å². The Morgan fingerprint density at radius 1 is 1.10 bits per heavy atom. The van der Waals surface area contributed by atoms with Crippen LogP contribution in [0.2, 0.25) is 5.02 Å². The molecule has 0 saturated carbocycles. The van der Waals surface area contributed by atoms with Crippen LogP contribution >= 0.6 is 11.6 Å². The summed E-state index contributed by atoms with van der Waals surface area (Å²) in [6.45, 7) is 0.236. The molecule has 0 radical (unpaired) electrons. The van der Waals surface area contributed by atoms with Crippen LogP contribution in [-0.2, 0) is 11.2 Å². The maximum Gasteiger partial charge on any atom is 0.191 e. The Bertz CT molecular complexity index is 639. The Kier molecular flexibility index (Phi) is 3.61. The van der Waals surface area contributed by atoms with E-state index >= 15 is 0 Å². The van der Waals surface area contributed by atoms with E-state index in [-0.39, 0.29) is 18.8 Å². The molecule has 3 rings (SSSR count). The highest BCUT2D eigenvalue weighted by molar-refractivity contribution is 6.31. The van der Waals surface area contributed by atoms with Gasteiger partial charge in [0.25, 0.3) is 0 Å². The summed E-state index contributed by atoms with van der Waals surface area (Å²) >= 11 is 6.06. The summed E-state index contributed by atoms with van der Waals surface area (Å²) in [6.07, 6.45) is -0.336. The largest absolute Gasteiger partial charge is 0.485 e. The van der Waals surface area contributed by atoms with Crippen molar-refractivity contribution in [2.24, 2.45) is 0 Å². The summed E-state index contributed by atoms with van der Waals surface area (Å²) in [6, 6.07) is 14.7. The Hall–Kier alpha value is -2.00. The molecule has 0 amide bonds. The molecule has 0 aromatic heterocycles. The fourth-order valence-corrected chi connectivity index (χ4v) is 2.32. The van der Waals surface area contributed by atoms with Crippen LogP contribution in [0.3, 0.4) is 0 Å². The molecular weight excluding hydrogens is 276 g/mol. The van der Waals surface area contributed by atoms with Crippen molar-refractivity contribution in [2.75, 3.05) is 6.61 Å². The van der Waals surface area contributed by atoms with Gasteiger partial charge in [-0.3, -0.25) is 4.79 Å². The molecule has 0 N–H and O–H groups in total. The first-order valence-electron chi connectivity index (χ1n) is 6.38. The third kappa shape index (κ3) is 2.63. The van der Waals surface area contributed by atoms with Gasteiger partial charge in [0.2, 0.25) is 0 Å². The van der Waals surface area contributed by atoms with Gasteiger partial charge in [-0.15, -0.1) is 0 Å². The fourth-order valence-electron chi connectivity index (χ4n) is 2.12. The number of hydrogen-bond acceptors (Lipinski definition) is 3. The molecular formula is C16H13ClO3. The van der Waals surface area contributed by atoms with Crippen LogP contribution in [-0.4, -0.2) is 18.5 Å². The zero-order chi connectivity index (χ0) is 13.9. The number of hydrogen-bond donors (Lipinski definition) is 0. The van der Waals surface area contributed by atoms with Gasteiger partial charge in [0, 0.05) is 11.4 Å². The number of para-hydroxylation sites is 2. The van der Waals surface area contributed by atoms with E-state index in [0.717, 1.165) is 5.56 Å². The molecule has 0 aliphatic carbocycles. The lowest BCUT2D eigenvalue weighted by molar-refractivity contribution is -0.127. The zero-order valence-corrected chi connectivity index (χ0v) is 11.5. The second-order valence-electron chi connectivity index (χ2n) is 4.60. The smallest absolute Gasteiger partial charge is 0.191 e. The summed E-state index contributed by atoms with van der Waals surface area (Å²) < 4.78 is 11.2. The van der Waals surface area contributed by atoms with Crippen LogP contribution < -0.4 is 9.47 Å². The molecule has 1 aliphatic rings. The number of carbonyl (C=O) groups is 1. The third-order valence-electron chi connectivity index (χ3n) is 3.19. The highest BCUT2D eigenvalue weighted by Gasteiger charge is 2.27. The van der Waals surface area contributed by atoms with Crippen molar-refractivity contribution in [1.82, 2.24) is 0 Å². The van der Waals surface area contributed by atoms with Crippen LogP contribution in [0.4, 0.5) is 0 Å². The van der Waals surface area contributed by atoms with Crippen LogP contribution in [0.5, 0.6) is 11.5 Å². The Labute approximate surface area is 122 Å². The highest BCUT2D eigenvalue weighted by Crippen LogP contribution is 2.31. The normalized spacial score (nSPS) is 16.8. The second kappa shape index (κ2) is 5.55. The summed E-state index contributed by atoms with van der Waals surface area (Å²) in [5.74, 6) is 1.25. The number of ether oxygens (including phenoxy) is 2. The minimum absolute atomic E-state index is 0.0346. The predicted molar refractivity (Wildman–Crippen MR) is 76.5 cm³/mol. The molecule has 0 spiro atoms. The van der Waals surface area contributed by atoms with Crippen molar-refractivity contribution in [2.45, 2.75) is 12.5 Å². The van der Waals surface area contributed by atoms with Crippen LogP contribution in [0.25, 0.3) is 0 Å². The van der Waals surface area contributed by atoms with Gasteiger partial charge in [-0.1, -0.05) is 41.9 Å². The Balaban J connectivity index is 1.72. The average molecular weight is 289 g/mol. The molecule has 102 valence electrons. The number of halogens is 1. The lowest BCUT2D eigenvalue weighted by Gasteiger charge is -2.25. The highest BCUT2D eigenvalue weighted by atomic mass is 35.5. The first kappa shape index (κ1) is 13.0. The van der Waals surface area contributed by atoms with E-state index in [9.17, 15) is 4.79 Å². The standard InChI is InChI=1S/C16H13ClO3/c17-12-6-2-1-5-11(12)9-13(18)16-10-19-14-7-3-4-8-15(14)20-16/h1-8,16H,9-10H2. The molecule has 1 unspecified atom stereocenters. The van der Waals surface area contributed by atoms with Gasteiger partial charge in [0.15, 0.2) is 23.4 Å². The van der Waals surface area contributed by atoms with Crippen molar-refractivity contribution in [3.8, 4) is 11.5 Å². The lowest BCUT2D eigenvalue weighted by Crippen LogP contribution is -2.37. The zero-order valence-electron chi connectivity index (χ0n) is 10.7. The summed E-state index contributed by atoms with van der Waals surface area (Å²) in [7, 11) is 0. The minimum Gasteiger partial charge on any atom is -0.485 e. The quantitative estimate of drug-likeness (QED) is 0.869. The number of fused-ring (bicyclic) bond motifs is 1. The lowest BCUT2D eigenvalue weighted by atomic mass is 10.1. The van der Waals surface area contributed by atoms with Gasteiger partial charge < -0.3 is 9.47 Å². The molecule has 2 aromatic carbocycles. The van der Waals surface area contributed by atoms with E-state index < -0.39 is 6.10 Å². The number of benzene rings is 2. The van der Waals surface area contributed by atoms with Gasteiger partial charge in [-0.2, -0.15) is 0 Å². The predicted octanol–water partition coefficient (Wildman–Crippen LogP) is 3.29. The van der Waals surface area contributed by atoms with Gasteiger partial charge in [0.1, 0.15) is 6.61 Å². The summed E-state index contributed by atoms with van der Waals surface area (Å²) in [4.78, 5) is 12.3. The molecule has 0 fully saturated rings. The van der Waals surface area contributed by atoms with Gasteiger partial charge >= 0.3 is 0 Å². The second-order valence-corrected chi connectivity index (χ2v) is 5.01. The number of rotatable bonds is 3. The van der Waals surface area contributed by atoms with E-state index in [4.69, 9.17) is 21.1 Å². The van der Waals surface area contributed by atoms with Gasteiger partial charge in [-0.25, -0.2) is 0 Å². The molecule has 2 aromatic rings. The third-order valence-corrected chi connectivity index (χ3v) is 3.56. The molecule has 1 aliphatic heterocycles. The van der Waals surface area contributed by atoms with E-state index in [1.807, 2.05) is 36.4 Å². The van der Waals surface area contributed by atoms with Gasteiger partial charge in [-0.05, 0) is 23.8 Å². The molecule has 1 heterocycles. The van der Waals surface area contributed by atoms with E-state index in [2.05, 4.69) is 0 Å². The van der Waals surface area contributed by atoms with E-state index in [0.29, 0.717) is 16.5 Å². The SMILES string of the molecule is O=C(Cc1ccccc1Cl)C1COc2ccccc2O1. The van der Waals surface area contributed by atoms with Crippen LogP contribution in [0.1, 0.15) is 5.56 Å². The monoisotopic (exact) mass is 288 g/mol. The maximum absolute atomic E-state index is 12.3. The Morgan fingerprint density at radius 2 is 1.80 bits per heavy atom. The summed E-state index contributed by atoms with van der Waals surface area (Å²) in [5, 5.41) is 0.595. The fraction of sp³-hybridized carbons (Fsp3) is 0.188. The molecule has 3 nitrogen and oxygen atoms in total. The number of Topliss-reactive ketones (excluding diaryl/α,β-unsaturated/α-hetero) is 1. The van der Waals surface area contributed by atoms with E-state index in [1.54, 1.807) is 12.1 Å². The molecule has 0 bridgehead atoms. The molecule has 20 heavy (non-hydrogen) atoms. The van der Waals surface area contributed by atoms with Crippen LogP contribution in [0.15, 0.2) is 48.5 Å². The summed E-state index contributed by atoms with van der Waals surface area (Å²) in [5.41, 5.74) is 0.807. The number of ketones is 1. The average Bonchev–Trinajstić information content (AvgIpc) is 2.49. The van der Waals surface area contributed by atoms with Crippen molar-refractivity contribution in [3.63, 3.8) is 0 Å². The molecule has 0 saturated heterocycles. The van der Waals surface area contributed by atoms with Crippen molar-refractivity contribution < 1.29 is 14.3 Å². The number of carbonyl (C=O) groups excluding carboxylic acids is 1. The van der Waals surface area contributed by atoms with Crippen molar-refractivity contribution >= 4 is 17.4 Å². The van der Waals surface area contributed by atoms with Crippen LogP contribution in [0, 0.1) is 0 Å². The minimum atomic E-state index is -0.582. The topological polar surface area (TPSA) is 35.5 Å². The molecule has 4 heteroatoms. The Morgan fingerprint density at radius 3 is 2.60 bits per heavy atom. The molecule has 1 atom stereocenters.